The Bertz CT molecular complexity index is 1130. The number of hydrogen-bond acceptors (Lipinski definition) is 9. The minimum absolute atomic E-state index is 0.303. The number of nitrogens with one attached hydrogen (secondary N) is 1. The van der Waals surface area contributed by atoms with Crippen molar-refractivity contribution >= 4 is 5.91 Å². The topological polar surface area (TPSA) is 169 Å². The van der Waals surface area contributed by atoms with Crippen molar-refractivity contribution in [2.24, 2.45) is 0 Å². The van der Waals surface area contributed by atoms with Crippen LogP contribution in [0.5, 0.6) is 0 Å². The van der Waals surface area contributed by atoms with Crippen molar-refractivity contribution in [1.29, 1.82) is 0 Å². The van der Waals surface area contributed by atoms with Crippen LogP contribution in [0.15, 0.2) is 36.5 Å². The van der Waals surface area contributed by atoms with Gasteiger partial charge >= 0.3 is 0 Å². The first-order valence-corrected chi connectivity index (χ1v) is 27.3. The maximum absolute atomic E-state index is 13.1. The largest absolute Gasteiger partial charge is 0.394 e. The normalized spacial score (nSPS) is 20.6. The standard InChI is InChI=1S/C55H103NO9/c1-3-5-7-9-11-13-15-17-19-20-21-22-23-24-25-26-27-28-29-30-32-34-36-38-40-42-44-49(59)54(63)56-47(46-64-55-53(62)52(61)51(60)50(45-57)65-55)48(58)43-41-39-37-35-33-31-18-16-14-12-10-8-6-4-2/h24-25,33,35,41,43,47-53,55,57-62H,3-23,26-32,34,36-40,42,44-46H2,1-2H3,(H,56,63)/b25-24-,35-33+,43-41+. The molecule has 8 unspecified atom stereocenters. The van der Waals surface area contributed by atoms with E-state index in [4.69, 9.17) is 9.47 Å². The lowest BCUT2D eigenvalue weighted by atomic mass is 9.99. The van der Waals surface area contributed by atoms with Crippen molar-refractivity contribution in [2.45, 2.75) is 294 Å². The summed E-state index contributed by atoms with van der Waals surface area (Å²) in [7, 11) is 0. The number of allylic oxidation sites excluding steroid dienone is 5. The Morgan fingerprint density at radius 3 is 1.34 bits per heavy atom. The third-order valence-corrected chi connectivity index (χ3v) is 13.0. The molecule has 1 heterocycles. The summed E-state index contributed by atoms with van der Waals surface area (Å²) < 4.78 is 11.2. The molecule has 0 aromatic carbocycles. The molecule has 10 heteroatoms. The monoisotopic (exact) mass is 922 g/mol. The predicted molar refractivity (Wildman–Crippen MR) is 269 cm³/mol. The average Bonchev–Trinajstić information content (AvgIpc) is 3.31. The van der Waals surface area contributed by atoms with Crippen LogP contribution in [0.25, 0.3) is 0 Å². The van der Waals surface area contributed by atoms with Crippen LogP contribution < -0.4 is 5.32 Å². The Labute approximate surface area is 398 Å². The first-order valence-electron chi connectivity index (χ1n) is 27.3. The van der Waals surface area contributed by atoms with Crippen molar-refractivity contribution in [3.05, 3.63) is 36.5 Å². The summed E-state index contributed by atoms with van der Waals surface area (Å²) in [5, 5.41) is 64.8. The molecule has 1 aliphatic rings. The molecule has 0 bridgehead atoms. The lowest BCUT2D eigenvalue weighted by Gasteiger charge is -2.40. The fourth-order valence-corrected chi connectivity index (χ4v) is 8.59. The summed E-state index contributed by atoms with van der Waals surface area (Å²) in [5.41, 5.74) is 0. The molecule has 1 rings (SSSR count). The van der Waals surface area contributed by atoms with Gasteiger partial charge < -0.3 is 45.4 Å². The number of amides is 1. The second-order valence-corrected chi connectivity index (χ2v) is 19.2. The van der Waals surface area contributed by atoms with Crippen LogP contribution in [-0.4, -0.2) is 98.7 Å². The van der Waals surface area contributed by atoms with Gasteiger partial charge in [0.2, 0.25) is 5.91 Å². The van der Waals surface area contributed by atoms with Gasteiger partial charge in [0, 0.05) is 0 Å². The van der Waals surface area contributed by atoms with E-state index < -0.39 is 61.5 Å². The number of carbonyl (C=O) groups excluding carboxylic acids is 1. The SMILES string of the molecule is CCCCCCCCCC/C=C/CC/C=C/C(O)C(COC1OC(CO)C(O)C(O)C1O)NC(=O)C(O)CCCCCCCCCCCC/C=C\CCCCCCCCCCCCCC. The van der Waals surface area contributed by atoms with Gasteiger partial charge in [-0.3, -0.25) is 4.79 Å². The van der Waals surface area contributed by atoms with Gasteiger partial charge in [-0.05, 0) is 57.8 Å². The van der Waals surface area contributed by atoms with E-state index >= 15 is 0 Å². The summed E-state index contributed by atoms with van der Waals surface area (Å²) in [5.74, 6) is -0.626. The number of ether oxygens (including phenoxy) is 2. The van der Waals surface area contributed by atoms with Gasteiger partial charge in [-0.2, -0.15) is 0 Å². The number of rotatable bonds is 46. The molecule has 65 heavy (non-hydrogen) atoms. The van der Waals surface area contributed by atoms with E-state index in [1.165, 1.54) is 180 Å². The van der Waals surface area contributed by atoms with Crippen molar-refractivity contribution in [2.75, 3.05) is 13.2 Å². The maximum Gasteiger partial charge on any atom is 0.249 e. The molecule has 0 saturated carbocycles. The van der Waals surface area contributed by atoms with Crippen molar-refractivity contribution < 1.29 is 44.9 Å². The van der Waals surface area contributed by atoms with Crippen molar-refractivity contribution in [1.82, 2.24) is 5.32 Å². The molecule has 8 atom stereocenters. The summed E-state index contributed by atoms with van der Waals surface area (Å²) in [6.45, 7) is 3.60. The highest BCUT2D eigenvalue weighted by atomic mass is 16.7. The molecule has 7 N–H and O–H groups in total. The molecule has 0 radical (unpaired) electrons. The van der Waals surface area contributed by atoms with Gasteiger partial charge in [0.1, 0.15) is 30.5 Å². The van der Waals surface area contributed by atoms with E-state index in [-0.39, 0.29) is 6.61 Å². The summed E-state index contributed by atoms with van der Waals surface area (Å²) >= 11 is 0. The van der Waals surface area contributed by atoms with Crippen molar-refractivity contribution in [3.8, 4) is 0 Å². The van der Waals surface area contributed by atoms with E-state index in [1.807, 2.05) is 6.08 Å². The fourth-order valence-electron chi connectivity index (χ4n) is 8.59. The Balaban J connectivity index is 2.27. The second kappa shape index (κ2) is 44.9. The molecule has 1 aliphatic heterocycles. The minimum Gasteiger partial charge on any atom is -0.394 e. The fraction of sp³-hybridized carbons (Fsp3) is 0.873. The van der Waals surface area contributed by atoms with Gasteiger partial charge in [-0.15, -0.1) is 0 Å². The lowest BCUT2D eigenvalue weighted by molar-refractivity contribution is -0.302. The van der Waals surface area contributed by atoms with E-state index in [1.54, 1.807) is 6.08 Å². The Morgan fingerprint density at radius 2 is 0.908 bits per heavy atom. The van der Waals surface area contributed by atoms with Gasteiger partial charge in [0.25, 0.3) is 0 Å². The zero-order chi connectivity index (χ0) is 47.4. The molecule has 10 nitrogen and oxygen atoms in total. The predicted octanol–water partition coefficient (Wildman–Crippen LogP) is 11.8. The van der Waals surface area contributed by atoms with E-state index in [2.05, 4.69) is 43.5 Å². The zero-order valence-corrected chi connectivity index (χ0v) is 41.9. The molecule has 1 fully saturated rings. The summed E-state index contributed by atoms with van der Waals surface area (Å²) in [6.07, 6.45) is 46.8. The number of aliphatic hydroxyl groups excluding tert-OH is 6. The quantitative estimate of drug-likeness (QED) is 0.0232. The lowest BCUT2D eigenvalue weighted by Crippen LogP contribution is -2.60. The van der Waals surface area contributed by atoms with Crippen LogP contribution >= 0.6 is 0 Å². The highest BCUT2D eigenvalue weighted by Crippen LogP contribution is 2.23. The van der Waals surface area contributed by atoms with E-state index in [0.717, 1.165) is 32.1 Å². The van der Waals surface area contributed by atoms with Gasteiger partial charge in [-0.1, -0.05) is 224 Å². The second-order valence-electron chi connectivity index (χ2n) is 19.2. The van der Waals surface area contributed by atoms with Crippen LogP contribution in [0.2, 0.25) is 0 Å². The molecule has 382 valence electrons. The molecule has 0 aliphatic carbocycles. The highest BCUT2D eigenvalue weighted by Gasteiger charge is 2.44. The third-order valence-electron chi connectivity index (χ3n) is 13.0. The Kier molecular flexibility index (Phi) is 42.4. The molecule has 1 saturated heterocycles. The summed E-state index contributed by atoms with van der Waals surface area (Å²) in [6, 6.07) is -0.997. The zero-order valence-electron chi connectivity index (χ0n) is 41.9. The first-order chi connectivity index (χ1) is 31.8. The average molecular weight is 922 g/mol. The molecule has 0 spiro atoms. The highest BCUT2D eigenvalue weighted by molar-refractivity contribution is 5.80. The Hall–Kier alpha value is -1.63. The number of aliphatic hydroxyl groups is 6. The molecule has 1 amide bonds. The maximum atomic E-state index is 13.1. The summed E-state index contributed by atoms with van der Waals surface area (Å²) in [4.78, 5) is 13.1. The van der Waals surface area contributed by atoms with Crippen LogP contribution in [0.4, 0.5) is 0 Å². The van der Waals surface area contributed by atoms with Gasteiger partial charge in [-0.25, -0.2) is 0 Å². The van der Waals surface area contributed by atoms with Crippen LogP contribution in [0.1, 0.15) is 245 Å². The Morgan fingerprint density at radius 1 is 0.523 bits per heavy atom. The van der Waals surface area contributed by atoms with Crippen LogP contribution in [0.3, 0.4) is 0 Å². The van der Waals surface area contributed by atoms with E-state index in [9.17, 15) is 35.4 Å². The van der Waals surface area contributed by atoms with Gasteiger partial charge in [0.15, 0.2) is 6.29 Å². The third kappa shape index (κ3) is 34.3. The van der Waals surface area contributed by atoms with Crippen LogP contribution in [-0.2, 0) is 14.3 Å². The molecule has 0 aromatic heterocycles. The number of hydrogen-bond donors (Lipinski definition) is 7. The molecular weight excluding hydrogens is 819 g/mol. The van der Waals surface area contributed by atoms with Crippen molar-refractivity contribution in [3.63, 3.8) is 0 Å². The molecule has 0 aromatic rings. The number of carbonyl (C=O) groups is 1. The number of unbranched alkanes of at least 4 members (excludes halogenated alkanes) is 31. The van der Waals surface area contributed by atoms with E-state index in [0.29, 0.717) is 19.3 Å². The van der Waals surface area contributed by atoms with Gasteiger partial charge in [0.05, 0.1) is 25.4 Å². The first kappa shape index (κ1) is 61.4. The molecular formula is C55H103NO9. The smallest absolute Gasteiger partial charge is 0.249 e. The minimum atomic E-state index is -1.62. The van der Waals surface area contributed by atoms with Crippen LogP contribution in [0, 0.1) is 0 Å².